The zero-order valence-corrected chi connectivity index (χ0v) is 20.2. The van der Waals surface area contributed by atoms with Crippen LogP contribution in [-0.2, 0) is 10.9 Å². The first-order valence-corrected chi connectivity index (χ1v) is 12.3. The summed E-state index contributed by atoms with van der Waals surface area (Å²) >= 11 is 6.14. The first-order chi connectivity index (χ1) is 17.3. The zero-order valence-electron chi connectivity index (χ0n) is 19.5. The van der Waals surface area contributed by atoms with Crippen molar-refractivity contribution in [3.8, 4) is 11.3 Å². The molecule has 3 aromatic rings. The summed E-state index contributed by atoms with van der Waals surface area (Å²) in [6.45, 7) is 2.92. The Morgan fingerprint density at radius 2 is 1.75 bits per heavy atom. The average Bonchev–Trinajstić information content (AvgIpc) is 3.39. The molecule has 2 unspecified atom stereocenters. The van der Waals surface area contributed by atoms with Gasteiger partial charge in [-0.25, -0.2) is 9.78 Å². The number of H-pyrrole nitrogens is 1. The summed E-state index contributed by atoms with van der Waals surface area (Å²) in [5.41, 5.74) is 1.80. The summed E-state index contributed by atoms with van der Waals surface area (Å²) in [6, 6.07) is 12.6. The van der Waals surface area contributed by atoms with Crippen LogP contribution < -0.4 is 0 Å². The first kappa shape index (κ1) is 24.6. The van der Waals surface area contributed by atoms with Gasteiger partial charge in [-0.3, -0.25) is 0 Å². The summed E-state index contributed by atoms with van der Waals surface area (Å²) in [5, 5.41) is 0.617. The van der Waals surface area contributed by atoms with E-state index in [1.807, 2.05) is 18.2 Å². The van der Waals surface area contributed by atoms with Gasteiger partial charge in [-0.05, 0) is 36.2 Å². The van der Waals surface area contributed by atoms with E-state index < -0.39 is 11.7 Å². The van der Waals surface area contributed by atoms with Gasteiger partial charge in [0.1, 0.15) is 5.82 Å². The van der Waals surface area contributed by atoms with Crippen molar-refractivity contribution in [2.75, 3.05) is 39.4 Å². The Morgan fingerprint density at radius 3 is 2.44 bits per heavy atom. The number of carbonyl (C=O) groups excluding carboxylic acids is 1. The Balaban J connectivity index is 1.42. The number of nitrogens with one attached hydrogen (secondary N) is 1. The standard InChI is InChI=1S/C26H26ClF3N4O2/c27-22-3-1-2-18(13-22)23-14-31-24(32-23)20-12-19(17-4-6-21(7-5-17)26(28,29)30)15-34(16-20)25(35)33-8-10-36-11-9-33/h1-7,13-14,19-20H,8-12,15-16H2,(H,31,32). The monoisotopic (exact) mass is 518 g/mol. The molecule has 5 rings (SSSR count). The highest BCUT2D eigenvalue weighted by atomic mass is 35.5. The Morgan fingerprint density at radius 1 is 1.03 bits per heavy atom. The van der Waals surface area contributed by atoms with E-state index in [1.165, 1.54) is 12.1 Å². The minimum absolute atomic E-state index is 0.0819. The van der Waals surface area contributed by atoms with Crippen LogP contribution in [0.3, 0.4) is 0 Å². The number of aromatic nitrogens is 2. The summed E-state index contributed by atoms with van der Waals surface area (Å²) in [5.74, 6) is 0.501. The van der Waals surface area contributed by atoms with E-state index in [4.69, 9.17) is 16.3 Å². The molecule has 2 atom stereocenters. The third kappa shape index (κ3) is 5.37. The second-order valence-corrected chi connectivity index (χ2v) is 9.67. The lowest BCUT2D eigenvalue weighted by atomic mass is 9.84. The number of nitrogens with zero attached hydrogens (tertiary/aromatic N) is 3. The molecule has 2 aliphatic heterocycles. The molecule has 0 saturated carbocycles. The van der Waals surface area contributed by atoms with Gasteiger partial charge in [-0.2, -0.15) is 13.2 Å². The van der Waals surface area contributed by atoms with Crippen LogP contribution in [0.4, 0.5) is 18.0 Å². The highest BCUT2D eigenvalue weighted by Crippen LogP contribution is 2.37. The van der Waals surface area contributed by atoms with Crippen LogP contribution in [0, 0.1) is 0 Å². The van der Waals surface area contributed by atoms with Crippen molar-refractivity contribution in [1.82, 2.24) is 19.8 Å². The Labute approximate surface area is 212 Å². The van der Waals surface area contributed by atoms with Crippen LogP contribution >= 0.6 is 11.6 Å². The SMILES string of the molecule is O=C(N1CCOCC1)N1CC(c2ccc(C(F)(F)F)cc2)CC(c2ncc(-c3cccc(Cl)c3)[nH]2)C1. The highest BCUT2D eigenvalue weighted by molar-refractivity contribution is 6.30. The molecule has 2 saturated heterocycles. The van der Waals surface area contributed by atoms with E-state index >= 15 is 0 Å². The summed E-state index contributed by atoms with van der Waals surface area (Å²) in [7, 11) is 0. The fraction of sp³-hybridized carbons (Fsp3) is 0.385. The minimum atomic E-state index is -4.39. The van der Waals surface area contributed by atoms with Crippen molar-refractivity contribution < 1.29 is 22.7 Å². The maximum Gasteiger partial charge on any atom is 0.416 e. The molecular formula is C26H26ClF3N4O2. The van der Waals surface area contributed by atoms with E-state index in [1.54, 1.807) is 22.1 Å². The molecule has 2 amide bonds. The van der Waals surface area contributed by atoms with Crippen LogP contribution in [0.15, 0.2) is 54.7 Å². The van der Waals surface area contributed by atoms with E-state index in [-0.39, 0.29) is 17.9 Å². The fourth-order valence-electron chi connectivity index (χ4n) is 4.94. The Hall–Kier alpha value is -3.04. The molecule has 3 heterocycles. The lowest BCUT2D eigenvalue weighted by molar-refractivity contribution is -0.137. The van der Waals surface area contributed by atoms with Crippen LogP contribution in [0.5, 0.6) is 0 Å². The van der Waals surface area contributed by atoms with Gasteiger partial charge in [0.05, 0.1) is 30.7 Å². The number of halogens is 4. The van der Waals surface area contributed by atoms with Gasteiger partial charge in [-0.1, -0.05) is 35.9 Å². The summed E-state index contributed by atoms with van der Waals surface area (Å²) < 4.78 is 44.7. The molecule has 190 valence electrons. The van der Waals surface area contributed by atoms with Gasteiger partial charge in [0.2, 0.25) is 0 Å². The van der Waals surface area contributed by atoms with E-state index in [9.17, 15) is 18.0 Å². The first-order valence-electron chi connectivity index (χ1n) is 11.9. The third-order valence-electron chi connectivity index (χ3n) is 6.83. The normalized spacial score (nSPS) is 21.0. The molecule has 0 radical (unpaired) electrons. The number of rotatable bonds is 3. The lowest BCUT2D eigenvalue weighted by Crippen LogP contribution is -2.52. The van der Waals surface area contributed by atoms with Gasteiger partial charge in [0, 0.05) is 48.6 Å². The second-order valence-electron chi connectivity index (χ2n) is 9.23. The van der Waals surface area contributed by atoms with Crippen LogP contribution in [0.25, 0.3) is 11.3 Å². The maximum absolute atomic E-state index is 13.4. The number of aromatic amines is 1. The molecule has 2 aliphatic rings. The molecule has 1 aromatic heterocycles. The molecule has 0 aliphatic carbocycles. The number of amides is 2. The topological polar surface area (TPSA) is 61.5 Å². The smallest absolute Gasteiger partial charge is 0.378 e. The molecular weight excluding hydrogens is 493 g/mol. The fourth-order valence-corrected chi connectivity index (χ4v) is 5.13. The van der Waals surface area contributed by atoms with E-state index in [0.29, 0.717) is 50.8 Å². The van der Waals surface area contributed by atoms with Gasteiger partial charge < -0.3 is 19.5 Å². The van der Waals surface area contributed by atoms with E-state index in [2.05, 4.69) is 9.97 Å². The predicted molar refractivity (Wildman–Crippen MR) is 130 cm³/mol. The van der Waals surface area contributed by atoms with Crippen molar-refractivity contribution in [3.63, 3.8) is 0 Å². The molecule has 0 bridgehead atoms. The number of carbonyl (C=O) groups is 1. The zero-order chi connectivity index (χ0) is 25.3. The lowest BCUT2D eigenvalue weighted by Gasteiger charge is -2.40. The largest absolute Gasteiger partial charge is 0.416 e. The number of morpholine rings is 1. The molecule has 36 heavy (non-hydrogen) atoms. The number of urea groups is 1. The Bertz CT molecular complexity index is 1210. The number of alkyl halides is 3. The molecule has 2 fully saturated rings. The number of ether oxygens (including phenoxy) is 1. The van der Waals surface area contributed by atoms with Crippen molar-refractivity contribution in [3.05, 3.63) is 76.7 Å². The molecule has 6 nitrogen and oxygen atoms in total. The van der Waals surface area contributed by atoms with Crippen molar-refractivity contribution in [1.29, 1.82) is 0 Å². The number of hydrogen-bond donors (Lipinski definition) is 1. The van der Waals surface area contributed by atoms with Gasteiger partial charge in [0.15, 0.2) is 0 Å². The molecule has 10 heteroatoms. The molecule has 0 spiro atoms. The van der Waals surface area contributed by atoms with Gasteiger partial charge in [0.25, 0.3) is 0 Å². The number of hydrogen-bond acceptors (Lipinski definition) is 3. The van der Waals surface area contributed by atoms with Gasteiger partial charge >= 0.3 is 12.2 Å². The molecule has 2 aromatic carbocycles. The van der Waals surface area contributed by atoms with Crippen LogP contribution in [0.1, 0.15) is 35.2 Å². The van der Waals surface area contributed by atoms with E-state index in [0.717, 1.165) is 34.8 Å². The second kappa shape index (κ2) is 10.1. The molecule has 1 N–H and O–H groups in total. The van der Waals surface area contributed by atoms with Crippen LogP contribution in [0.2, 0.25) is 5.02 Å². The maximum atomic E-state index is 13.4. The third-order valence-corrected chi connectivity index (χ3v) is 7.07. The minimum Gasteiger partial charge on any atom is -0.378 e. The number of piperidine rings is 1. The average molecular weight is 519 g/mol. The number of benzene rings is 2. The predicted octanol–water partition coefficient (Wildman–Crippen LogP) is 5.77. The van der Waals surface area contributed by atoms with Gasteiger partial charge in [-0.15, -0.1) is 0 Å². The van der Waals surface area contributed by atoms with Crippen molar-refractivity contribution in [2.45, 2.75) is 24.4 Å². The highest BCUT2D eigenvalue weighted by Gasteiger charge is 2.36. The number of imidazole rings is 1. The quantitative estimate of drug-likeness (QED) is 0.478. The summed E-state index contributed by atoms with van der Waals surface area (Å²) in [4.78, 5) is 24.9. The van der Waals surface area contributed by atoms with Crippen LogP contribution in [-0.4, -0.2) is 65.2 Å². The van der Waals surface area contributed by atoms with Crippen molar-refractivity contribution in [2.24, 2.45) is 0 Å². The Kier molecular flexibility index (Phi) is 6.94. The number of likely N-dealkylation sites (tertiary alicyclic amines) is 1. The van der Waals surface area contributed by atoms with Crippen molar-refractivity contribution >= 4 is 17.6 Å². The summed E-state index contributed by atoms with van der Waals surface area (Å²) in [6.07, 6.45) is -1.99.